The van der Waals surface area contributed by atoms with E-state index in [1.165, 1.54) is 0 Å². The molecule has 0 bridgehead atoms. The van der Waals surface area contributed by atoms with Gasteiger partial charge in [0, 0.05) is 27.6 Å². The van der Waals surface area contributed by atoms with E-state index in [0.717, 1.165) is 32.0 Å². The largest absolute Gasteiger partial charge is 0.497 e. The number of aromatic nitrogens is 5. The summed E-state index contributed by atoms with van der Waals surface area (Å²) >= 11 is 2.26. The summed E-state index contributed by atoms with van der Waals surface area (Å²) < 4.78 is 9.86. The van der Waals surface area contributed by atoms with Crippen LogP contribution in [0.3, 0.4) is 0 Å². The molecule has 0 unspecified atom stereocenters. The number of carbonyl (C=O) groups excluding carboxylic acids is 1. The molecule has 0 saturated carbocycles. The number of benzene rings is 2. The summed E-state index contributed by atoms with van der Waals surface area (Å²) in [6.45, 7) is 1.06. The van der Waals surface area contributed by atoms with Crippen LogP contribution >= 0.6 is 22.6 Å². The van der Waals surface area contributed by atoms with Crippen LogP contribution < -0.4 is 9.64 Å². The summed E-state index contributed by atoms with van der Waals surface area (Å²) in [5.41, 5.74) is 4.06. The highest BCUT2D eigenvalue weighted by Crippen LogP contribution is 2.30. The lowest BCUT2D eigenvalue weighted by atomic mass is 10.0. The minimum absolute atomic E-state index is 0.0596. The van der Waals surface area contributed by atoms with Gasteiger partial charge in [-0.15, -0.1) is 5.10 Å². The number of anilines is 1. The van der Waals surface area contributed by atoms with Crippen molar-refractivity contribution >= 4 is 34.2 Å². The number of methoxy groups -OCH3 is 1. The monoisotopic (exact) mass is 526 g/mol. The van der Waals surface area contributed by atoms with Crippen molar-refractivity contribution in [2.24, 2.45) is 0 Å². The average Bonchev–Trinajstić information content (AvgIpc) is 3.44. The Kier molecular flexibility index (Phi) is 5.18. The van der Waals surface area contributed by atoms with E-state index in [2.05, 4.69) is 32.9 Å². The van der Waals surface area contributed by atoms with E-state index in [9.17, 15) is 4.79 Å². The van der Waals surface area contributed by atoms with Crippen molar-refractivity contribution < 1.29 is 9.53 Å². The van der Waals surface area contributed by atoms with Gasteiger partial charge in [-0.3, -0.25) is 4.79 Å². The van der Waals surface area contributed by atoms with Gasteiger partial charge in [0.05, 0.1) is 31.2 Å². The Bertz CT molecular complexity index is 1220. The smallest absolute Gasteiger partial charge is 0.277 e. The van der Waals surface area contributed by atoms with Gasteiger partial charge >= 0.3 is 0 Å². The van der Waals surface area contributed by atoms with E-state index in [-0.39, 0.29) is 5.91 Å². The Morgan fingerprint density at radius 1 is 1.06 bits per heavy atom. The molecular weight excluding hydrogens is 507 g/mol. The van der Waals surface area contributed by atoms with E-state index >= 15 is 0 Å². The summed E-state index contributed by atoms with van der Waals surface area (Å²) in [6.07, 6.45) is 4.14. The Hall–Kier alpha value is -3.21. The maximum Gasteiger partial charge on any atom is 0.277 e. The molecule has 0 saturated heterocycles. The number of nitrogens with zero attached hydrogens (tertiary/aromatic N) is 6. The van der Waals surface area contributed by atoms with Gasteiger partial charge in [0.2, 0.25) is 0 Å². The third-order valence-electron chi connectivity index (χ3n) is 5.34. The molecule has 0 fully saturated rings. The number of ether oxygens (including phenoxy) is 1. The predicted octanol–water partition coefficient (Wildman–Crippen LogP) is 3.33. The normalized spacial score (nSPS) is 13.4. The minimum atomic E-state index is -0.0596. The molecule has 1 amide bonds. The highest BCUT2D eigenvalue weighted by atomic mass is 127. The van der Waals surface area contributed by atoms with Gasteiger partial charge in [-0.1, -0.05) is 5.21 Å². The second-order valence-corrected chi connectivity index (χ2v) is 8.41. The van der Waals surface area contributed by atoms with Gasteiger partial charge < -0.3 is 9.64 Å². The van der Waals surface area contributed by atoms with E-state index in [0.29, 0.717) is 25.2 Å². The van der Waals surface area contributed by atoms with Crippen molar-refractivity contribution in [3.8, 4) is 11.4 Å². The fourth-order valence-corrected chi connectivity index (χ4v) is 4.17. The third kappa shape index (κ3) is 3.69. The molecule has 8 nitrogen and oxygen atoms in total. The first-order valence-corrected chi connectivity index (χ1v) is 10.9. The molecule has 2 aromatic heterocycles. The molecule has 2 aromatic carbocycles. The molecule has 156 valence electrons. The van der Waals surface area contributed by atoms with Crippen molar-refractivity contribution in [2.45, 2.75) is 13.0 Å². The van der Waals surface area contributed by atoms with E-state index in [4.69, 9.17) is 9.84 Å². The van der Waals surface area contributed by atoms with Gasteiger partial charge in [0.25, 0.3) is 5.91 Å². The number of amides is 1. The Morgan fingerprint density at radius 3 is 2.48 bits per heavy atom. The third-order valence-corrected chi connectivity index (χ3v) is 6.06. The molecule has 3 heterocycles. The number of rotatable bonds is 5. The van der Waals surface area contributed by atoms with Crippen molar-refractivity contribution in [1.29, 1.82) is 0 Å². The van der Waals surface area contributed by atoms with Gasteiger partial charge in [0.15, 0.2) is 0 Å². The number of hydrogen-bond donors (Lipinski definition) is 0. The van der Waals surface area contributed by atoms with E-state index < -0.39 is 0 Å². The maximum absolute atomic E-state index is 13.6. The Labute approximate surface area is 192 Å². The molecular formula is C22H19IN6O2. The van der Waals surface area contributed by atoms with Gasteiger partial charge in [-0.2, -0.15) is 5.10 Å². The van der Waals surface area contributed by atoms with E-state index in [1.807, 2.05) is 53.4 Å². The number of hydrogen-bond acceptors (Lipinski definition) is 5. The molecule has 0 radical (unpaired) electrons. The summed E-state index contributed by atoms with van der Waals surface area (Å²) in [4.78, 5) is 15.5. The van der Waals surface area contributed by atoms with Crippen molar-refractivity contribution in [1.82, 2.24) is 24.8 Å². The number of carbonyl (C=O) groups is 1. The van der Waals surface area contributed by atoms with Crippen LogP contribution in [-0.2, 0) is 13.0 Å². The first kappa shape index (κ1) is 19.7. The second-order valence-electron chi connectivity index (χ2n) is 7.17. The first-order chi connectivity index (χ1) is 15.1. The zero-order valence-electron chi connectivity index (χ0n) is 16.8. The zero-order valence-corrected chi connectivity index (χ0v) is 18.9. The van der Waals surface area contributed by atoms with Crippen molar-refractivity contribution in [2.75, 3.05) is 18.6 Å². The molecule has 4 aromatic rings. The summed E-state index contributed by atoms with van der Waals surface area (Å²) in [7, 11) is 1.63. The lowest BCUT2D eigenvalue weighted by Gasteiger charge is -2.28. The molecule has 0 atom stereocenters. The minimum Gasteiger partial charge on any atom is -0.497 e. The van der Waals surface area contributed by atoms with Gasteiger partial charge in [0.1, 0.15) is 11.4 Å². The topological polar surface area (TPSA) is 78.1 Å². The second kappa shape index (κ2) is 8.14. The van der Waals surface area contributed by atoms with Gasteiger partial charge in [-0.05, 0) is 77.5 Å². The highest BCUT2D eigenvalue weighted by Gasteiger charge is 2.33. The SMILES string of the molecule is COc1ccc(-n2nc(Cn3ccnn3)c3c2C(=O)N(c2ccc(I)cc2)CC3)cc1. The maximum atomic E-state index is 13.6. The van der Waals surface area contributed by atoms with Gasteiger partial charge in [-0.25, -0.2) is 9.36 Å². The summed E-state index contributed by atoms with van der Waals surface area (Å²) in [5, 5.41) is 12.8. The lowest BCUT2D eigenvalue weighted by molar-refractivity contribution is 0.0973. The summed E-state index contributed by atoms with van der Waals surface area (Å²) in [5.74, 6) is 0.690. The fourth-order valence-electron chi connectivity index (χ4n) is 3.81. The molecule has 0 aliphatic carbocycles. The van der Waals surface area contributed by atoms with Crippen molar-refractivity contribution in [3.63, 3.8) is 0 Å². The van der Waals surface area contributed by atoms with Crippen molar-refractivity contribution in [3.05, 3.63) is 81.4 Å². The quantitative estimate of drug-likeness (QED) is 0.373. The number of halogens is 1. The summed E-state index contributed by atoms with van der Waals surface area (Å²) in [6, 6.07) is 15.5. The molecule has 0 spiro atoms. The molecule has 9 heteroatoms. The van der Waals surface area contributed by atoms with Crippen LogP contribution in [-0.4, -0.2) is 44.3 Å². The number of fused-ring (bicyclic) bond motifs is 1. The lowest BCUT2D eigenvalue weighted by Crippen LogP contribution is -2.38. The standard InChI is InChI=1S/C22H19IN6O2/c1-31-18-8-6-17(7-9-18)29-21-19(20(25-29)14-27-13-11-24-26-27)10-12-28(22(21)30)16-4-2-15(23)3-5-16/h2-9,11,13H,10,12,14H2,1H3. The Balaban J connectivity index is 1.60. The first-order valence-electron chi connectivity index (χ1n) is 9.81. The van der Waals surface area contributed by atoms with Crippen LogP contribution in [0.1, 0.15) is 21.7 Å². The van der Waals surface area contributed by atoms with Crippen LogP contribution in [0.25, 0.3) is 5.69 Å². The Morgan fingerprint density at radius 2 is 1.81 bits per heavy atom. The molecule has 1 aliphatic heterocycles. The van der Waals surface area contributed by atoms with Crippen LogP contribution in [0.4, 0.5) is 5.69 Å². The predicted molar refractivity (Wildman–Crippen MR) is 124 cm³/mol. The molecule has 1 aliphatic rings. The fraction of sp³-hybridized carbons (Fsp3) is 0.182. The molecule has 31 heavy (non-hydrogen) atoms. The van der Waals surface area contributed by atoms with Crippen LogP contribution in [0.5, 0.6) is 5.75 Å². The molecule has 0 N–H and O–H groups in total. The highest BCUT2D eigenvalue weighted by molar-refractivity contribution is 14.1. The molecule has 5 rings (SSSR count). The van der Waals surface area contributed by atoms with Crippen LogP contribution in [0, 0.1) is 3.57 Å². The van der Waals surface area contributed by atoms with Crippen LogP contribution in [0.15, 0.2) is 60.9 Å². The zero-order chi connectivity index (χ0) is 21.4. The van der Waals surface area contributed by atoms with Crippen LogP contribution in [0.2, 0.25) is 0 Å². The average molecular weight is 526 g/mol. The van der Waals surface area contributed by atoms with E-state index in [1.54, 1.807) is 28.9 Å².